The second-order valence-electron chi connectivity index (χ2n) is 5.38. The van der Waals surface area contributed by atoms with Crippen LogP contribution >= 0.6 is 0 Å². The fraction of sp³-hybridized carbons (Fsp3) is 0.917. The summed E-state index contributed by atoms with van der Waals surface area (Å²) in [5.74, 6) is 0.0176. The molecule has 1 fully saturated rings. The molecular formula is C12H22O3. The molecule has 0 radical (unpaired) electrons. The molecular weight excluding hydrogens is 192 g/mol. The van der Waals surface area contributed by atoms with Crippen molar-refractivity contribution in [3.05, 3.63) is 0 Å². The van der Waals surface area contributed by atoms with Crippen LogP contribution in [0.4, 0.5) is 0 Å². The van der Waals surface area contributed by atoms with Gasteiger partial charge in [-0.1, -0.05) is 6.92 Å². The van der Waals surface area contributed by atoms with Crippen molar-refractivity contribution in [3.63, 3.8) is 0 Å². The second-order valence-corrected chi connectivity index (χ2v) is 5.38. The van der Waals surface area contributed by atoms with Crippen molar-refractivity contribution in [1.29, 1.82) is 0 Å². The van der Waals surface area contributed by atoms with Crippen molar-refractivity contribution < 1.29 is 14.6 Å². The Hall–Kier alpha value is -0.570. The van der Waals surface area contributed by atoms with Gasteiger partial charge in [0.1, 0.15) is 0 Å². The average molecular weight is 214 g/mol. The van der Waals surface area contributed by atoms with Crippen LogP contribution < -0.4 is 0 Å². The van der Waals surface area contributed by atoms with Gasteiger partial charge in [0.05, 0.1) is 18.1 Å². The molecule has 1 N–H and O–H groups in total. The minimum Gasteiger partial charge on any atom is -0.481 e. The van der Waals surface area contributed by atoms with E-state index >= 15 is 0 Å². The van der Waals surface area contributed by atoms with Crippen LogP contribution in [0.25, 0.3) is 0 Å². The molecule has 15 heavy (non-hydrogen) atoms. The van der Waals surface area contributed by atoms with Crippen molar-refractivity contribution in [1.82, 2.24) is 0 Å². The molecule has 0 amide bonds. The Morgan fingerprint density at radius 1 is 1.33 bits per heavy atom. The second kappa shape index (κ2) is 4.97. The lowest BCUT2D eigenvalue weighted by Gasteiger charge is -2.29. The smallest absolute Gasteiger partial charge is 0.311 e. The number of carboxylic acids is 1. The van der Waals surface area contributed by atoms with Crippen LogP contribution in [-0.4, -0.2) is 23.8 Å². The summed E-state index contributed by atoms with van der Waals surface area (Å²) in [5.41, 5.74) is -0.761. The van der Waals surface area contributed by atoms with Gasteiger partial charge in [0, 0.05) is 0 Å². The van der Waals surface area contributed by atoms with Crippen LogP contribution in [0.2, 0.25) is 0 Å². The van der Waals surface area contributed by atoms with Gasteiger partial charge in [-0.05, 0) is 45.4 Å². The molecule has 0 unspecified atom stereocenters. The SMILES string of the molecule is CC1CCC(OCC(C)(C)C(=O)O)CC1. The Morgan fingerprint density at radius 3 is 2.33 bits per heavy atom. The number of hydrogen-bond donors (Lipinski definition) is 1. The van der Waals surface area contributed by atoms with E-state index in [-0.39, 0.29) is 6.10 Å². The molecule has 1 aliphatic carbocycles. The first kappa shape index (κ1) is 12.5. The molecule has 0 aliphatic heterocycles. The first-order chi connectivity index (χ1) is 6.92. The minimum absolute atomic E-state index is 0.278. The Balaban J connectivity index is 2.28. The van der Waals surface area contributed by atoms with Crippen molar-refractivity contribution in [3.8, 4) is 0 Å². The molecule has 0 saturated heterocycles. The molecule has 3 heteroatoms. The van der Waals surface area contributed by atoms with Gasteiger partial charge in [-0.25, -0.2) is 0 Å². The largest absolute Gasteiger partial charge is 0.481 e. The third-order valence-corrected chi connectivity index (χ3v) is 3.22. The zero-order valence-electron chi connectivity index (χ0n) is 9.95. The Bertz CT molecular complexity index is 215. The minimum atomic E-state index is -0.785. The van der Waals surface area contributed by atoms with E-state index in [1.165, 1.54) is 12.8 Å². The number of hydrogen-bond acceptors (Lipinski definition) is 2. The van der Waals surface area contributed by atoms with Crippen molar-refractivity contribution in [2.75, 3.05) is 6.61 Å². The zero-order chi connectivity index (χ0) is 11.5. The van der Waals surface area contributed by atoms with Crippen molar-refractivity contribution in [2.24, 2.45) is 11.3 Å². The lowest BCUT2D eigenvalue weighted by atomic mass is 9.88. The van der Waals surface area contributed by atoms with E-state index in [4.69, 9.17) is 9.84 Å². The molecule has 0 aromatic heterocycles. The van der Waals surface area contributed by atoms with E-state index in [0.29, 0.717) is 6.61 Å². The van der Waals surface area contributed by atoms with E-state index < -0.39 is 11.4 Å². The quantitative estimate of drug-likeness (QED) is 0.782. The van der Waals surface area contributed by atoms with Crippen LogP contribution in [0, 0.1) is 11.3 Å². The van der Waals surface area contributed by atoms with E-state index in [9.17, 15) is 4.79 Å². The van der Waals surface area contributed by atoms with Gasteiger partial charge in [0.25, 0.3) is 0 Å². The highest BCUT2D eigenvalue weighted by Crippen LogP contribution is 2.27. The Morgan fingerprint density at radius 2 is 1.87 bits per heavy atom. The summed E-state index contributed by atoms with van der Waals surface area (Å²) in [4.78, 5) is 10.9. The predicted octanol–water partition coefficient (Wildman–Crippen LogP) is 2.69. The molecule has 3 nitrogen and oxygen atoms in total. The van der Waals surface area contributed by atoms with Gasteiger partial charge in [0.15, 0.2) is 0 Å². The molecule has 0 atom stereocenters. The van der Waals surface area contributed by atoms with Crippen LogP contribution in [0.5, 0.6) is 0 Å². The molecule has 0 bridgehead atoms. The van der Waals surface area contributed by atoms with Gasteiger partial charge < -0.3 is 9.84 Å². The number of carbonyl (C=O) groups is 1. The van der Waals surface area contributed by atoms with Gasteiger partial charge >= 0.3 is 5.97 Å². The topological polar surface area (TPSA) is 46.5 Å². The summed E-state index contributed by atoms with van der Waals surface area (Å²) >= 11 is 0. The van der Waals surface area contributed by atoms with Crippen molar-refractivity contribution in [2.45, 2.75) is 52.6 Å². The number of rotatable bonds is 4. The summed E-state index contributed by atoms with van der Waals surface area (Å²) in [6, 6.07) is 0. The van der Waals surface area contributed by atoms with Gasteiger partial charge in [-0.15, -0.1) is 0 Å². The van der Waals surface area contributed by atoms with Gasteiger partial charge in [0.2, 0.25) is 0 Å². The molecule has 0 aromatic rings. The predicted molar refractivity (Wildman–Crippen MR) is 58.8 cm³/mol. The molecule has 88 valence electrons. The fourth-order valence-electron chi connectivity index (χ4n) is 1.78. The van der Waals surface area contributed by atoms with Gasteiger partial charge in [-0.3, -0.25) is 4.79 Å². The Kier molecular flexibility index (Phi) is 4.14. The highest BCUT2D eigenvalue weighted by molar-refractivity contribution is 5.73. The molecule has 1 saturated carbocycles. The molecule has 0 heterocycles. The first-order valence-electron chi connectivity index (χ1n) is 5.77. The molecule has 1 aliphatic rings. The first-order valence-corrected chi connectivity index (χ1v) is 5.77. The van der Waals surface area contributed by atoms with Crippen LogP contribution in [0.3, 0.4) is 0 Å². The van der Waals surface area contributed by atoms with E-state index in [2.05, 4.69) is 6.92 Å². The maximum atomic E-state index is 10.9. The zero-order valence-corrected chi connectivity index (χ0v) is 9.95. The number of ether oxygens (including phenoxy) is 1. The lowest BCUT2D eigenvalue weighted by Crippen LogP contribution is -2.32. The third-order valence-electron chi connectivity index (χ3n) is 3.22. The average Bonchev–Trinajstić information content (AvgIpc) is 2.17. The van der Waals surface area contributed by atoms with E-state index in [0.717, 1.165) is 18.8 Å². The number of carboxylic acid groups (broad SMARTS) is 1. The molecule has 0 spiro atoms. The highest BCUT2D eigenvalue weighted by atomic mass is 16.5. The summed E-state index contributed by atoms with van der Waals surface area (Å²) in [7, 11) is 0. The lowest BCUT2D eigenvalue weighted by molar-refractivity contribution is -0.152. The fourth-order valence-corrected chi connectivity index (χ4v) is 1.78. The molecule has 0 aromatic carbocycles. The standard InChI is InChI=1S/C12H22O3/c1-9-4-6-10(7-5-9)15-8-12(2,3)11(13)14/h9-10H,4-8H2,1-3H3,(H,13,14). The van der Waals surface area contributed by atoms with Crippen LogP contribution in [0.1, 0.15) is 46.5 Å². The van der Waals surface area contributed by atoms with E-state index in [1.807, 2.05) is 0 Å². The summed E-state index contributed by atoms with van der Waals surface area (Å²) in [5, 5.41) is 8.93. The maximum Gasteiger partial charge on any atom is 0.311 e. The van der Waals surface area contributed by atoms with Crippen molar-refractivity contribution >= 4 is 5.97 Å². The summed E-state index contributed by atoms with van der Waals surface area (Å²) < 4.78 is 5.68. The normalized spacial score (nSPS) is 27.7. The maximum absolute atomic E-state index is 10.9. The van der Waals surface area contributed by atoms with Crippen LogP contribution in [-0.2, 0) is 9.53 Å². The number of aliphatic carboxylic acids is 1. The third kappa shape index (κ3) is 3.82. The monoisotopic (exact) mass is 214 g/mol. The van der Waals surface area contributed by atoms with E-state index in [1.54, 1.807) is 13.8 Å². The Labute approximate surface area is 91.8 Å². The highest BCUT2D eigenvalue weighted by Gasteiger charge is 2.29. The van der Waals surface area contributed by atoms with Crippen LogP contribution in [0.15, 0.2) is 0 Å². The summed E-state index contributed by atoms with van der Waals surface area (Å²) in [6.45, 7) is 6.00. The van der Waals surface area contributed by atoms with Gasteiger partial charge in [-0.2, -0.15) is 0 Å². The molecule has 1 rings (SSSR count). The summed E-state index contributed by atoms with van der Waals surface area (Å²) in [6.07, 6.45) is 4.85.